The SMILES string of the molecule is Cc1ccc(S(=O)(=O)Nc2cccc(C(=O)c3cn(CCN4CCOCC4)c4ncnc(N)c34)c2)cc1Cl. The highest BCUT2D eigenvalue weighted by molar-refractivity contribution is 7.92. The highest BCUT2D eigenvalue weighted by atomic mass is 35.5. The molecule has 1 aliphatic rings. The lowest BCUT2D eigenvalue weighted by atomic mass is 10.0. The first-order chi connectivity index (χ1) is 18.2. The van der Waals surface area contributed by atoms with E-state index in [1.54, 1.807) is 37.4 Å². The molecule has 3 N–H and O–H groups in total. The molecule has 2 aromatic heterocycles. The van der Waals surface area contributed by atoms with Gasteiger partial charge in [-0.25, -0.2) is 18.4 Å². The number of ether oxygens (including phenoxy) is 1. The van der Waals surface area contributed by atoms with Gasteiger partial charge in [-0.2, -0.15) is 0 Å². The summed E-state index contributed by atoms with van der Waals surface area (Å²) in [6.07, 6.45) is 3.12. The number of aromatic nitrogens is 3. The number of hydrogen-bond acceptors (Lipinski definition) is 8. The van der Waals surface area contributed by atoms with Crippen molar-refractivity contribution in [3.8, 4) is 0 Å². The largest absolute Gasteiger partial charge is 0.383 e. The molecule has 12 heteroatoms. The lowest BCUT2D eigenvalue weighted by Gasteiger charge is -2.26. The highest BCUT2D eigenvalue weighted by Crippen LogP contribution is 2.28. The molecule has 0 bridgehead atoms. The van der Waals surface area contributed by atoms with Gasteiger partial charge in [0.15, 0.2) is 5.78 Å². The Hall–Kier alpha value is -3.51. The third kappa shape index (κ3) is 5.37. The van der Waals surface area contributed by atoms with Gasteiger partial charge in [0.25, 0.3) is 10.0 Å². The normalized spacial score (nSPS) is 14.6. The molecule has 0 aliphatic carbocycles. The molecule has 0 atom stereocenters. The first-order valence-electron chi connectivity index (χ1n) is 12.1. The molecule has 5 rings (SSSR count). The fourth-order valence-electron chi connectivity index (χ4n) is 4.40. The fraction of sp³-hybridized carbons (Fsp3) is 0.269. The number of sulfonamides is 1. The third-order valence-corrected chi connectivity index (χ3v) is 8.31. The monoisotopic (exact) mass is 554 g/mol. The molecule has 0 saturated carbocycles. The minimum absolute atomic E-state index is 0.0260. The van der Waals surface area contributed by atoms with Gasteiger partial charge in [-0.3, -0.25) is 14.4 Å². The molecule has 0 amide bonds. The average molecular weight is 555 g/mol. The Labute approximate surface area is 225 Å². The van der Waals surface area contributed by atoms with Gasteiger partial charge < -0.3 is 15.0 Å². The zero-order chi connectivity index (χ0) is 26.9. The van der Waals surface area contributed by atoms with E-state index in [0.29, 0.717) is 46.9 Å². The maximum atomic E-state index is 13.7. The molecule has 3 heterocycles. The molecule has 10 nitrogen and oxygen atoms in total. The van der Waals surface area contributed by atoms with Crippen molar-refractivity contribution in [2.45, 2.75) is 18.4 Å². The van der Waals surface area contributed by atoms with Gasteiger partial charge >= 0.3 is 0 Å². The van der Waals surface area contributed by atoms with Crippen molar-refractivity contribution in [1.82, 2.24) is 19.4 Å². The van der Waals surface area contributed by atoms with Gasteiger partial charge in [-0.15, -0.1) is 0 Å². The number of morpholine rings is 1. The van der Waals surface area contributed by atoms with Gasteiger partial charge in [0, 0.05) is 48.6 Å². The minimum atomic E-state index is -3.92. The molecule has 1 aliphatic heterocycles. The van der Waals surface area contributed by atoms with Gasteiger partial charge in [-0.1, -0.05) is 29.8 Å². The van der Waals surface area contributed by atoms with E-state index < -0.39 is 10.0 Å². The van der Waals surface area contributed by atoms with Crippen LogP contribution in [0.5, 0.6) is 0 Å². The van der Waals surface area contributed by atoms with Crippen molar-refractivity contribution in [2.75, 3.05) is 43.3 Å². The lowest BCUT2D eigenvalue weighted by molar-refractivity contribution is 0.0365. The number of nitrogen functional groups attached to an aromatic ring is 1. The number of ketones is 1. The number of nitrogens with one attached hydrogen (secondary N) is 1. The number of carbonyl (C=O) groups is 1. The van der Waals surface area contributed by atoms with Crippen LogP contribution in [-0.2, 0) is 21.3 Å². The number of halogens is 1. The number of rotatable bonds is 8. The summed E-state index contributed by atoms with van der Waals surface area (Å²) in [4.78, 5) is 24.5. The first-order valence-corrected chi connectivity index (χ1v) is 13.9. The van der Waals surface area contributed by atoms with Crippen LogP contribution in [0.15, 0.2) is 59.9 Å². The van der Waals surface area contributed by atoms with E-state index in [1.807, 2.05) is 4.57 Å². The molecule has 1 fully saturated rings. The number of benzene rings is 2. The molecule has 38 heavy (non-hydrogen) atoms. The van der Waals surface area contributed by atoms with Crippen molar-refractivity contribution >= 4 is 49.9 Å². The van der Waals surface area contributed by atoms with Crippen molar-refractivity contribution < 1.29 is 17.9 Å². The van der Waals surface area contributed by atoms with Crippen molar-refractivity contribution in [1.29, 1.82) is 0 Å². The van der Waals surface area contributed by atoms with Crippen LogP contribution in [0.3, 0.4) is 0 Å². The number of anilines is 2. The van der Waals surface area contributed by atoms with Crippen molar-refractivity contribution in [3.05, 3.63) is 76.7 Å². The van der Waals surface area contributed by atoms with E-state index in [9.17, 15) is 13.2 Å². The van der Waals surface area contributed by atoms with E-state index in [-0.39, 0.29) is 22.2 Å². The summed E-state index contributed by atoms with van der Waals surface area (Å²) in [5, 5.41) is 0.821. The highest BCUT2D eigenvalue weighted by Gasteiger charge is 2.22. The Morgan fingerprint density at radius 3 is 2.68 bits per heavy atom. The number of nitrogens with zero attached hydrogens (tertiary/aromatic N) is 4. The average Bonchev–Trinajstić information content (AvgIpc) is 3.29. The van der Waals surface area contributed by atoms with Crippen LogP contribution in [0.1, 0.15) is 21.5 Å². The van der Waals surface area contributed by atoms with Crippen LogP contribution in [-0.4, -0.2) is 66.5 Å². The van der Waals surface area contributed by atoms with Crippen molar-refractivity contribution in [3.63, 3.8) is 0 Å². The Morgan fingerprint density at radius 2 is 1.92 bits per heavy atom. The third-order valence-electron chi connectivity index (χ3n) is 6.52. The predicted molar refractivity (Wildman–Crippen MR) is 146 cm³/mol. The van der Waals surface area contributed by atoms with Crippen LogP contribution in [0.2, 0.25) is 5.02 Å². The molecule has 0 radical (unpaired) electrons. The van der Waals surface area contributed by atoms with E-state index in [4.69, 9.17) is 22.1 Å². The molecule has 198 valence electrons. The van der Waals surface area contributed by atoms with Crippen LogP contribution in [0, 0.1) is 6.92 Å². The quantitative estimate of drug-likeness (QED) is 0.317. The topological polar surface area (TPSA) is 132 Å². The maximum Gasteiger partial charge on any atom is 0.261 e. The standard InChI is InChI=1S/C26H27ClN6O4S/c1-17-5-6-20(14-22(17)27)38(35,36)31-19-4-2-3-18(13-19)24(34)21-15-33(8-7-32-9-11-37-12-10-32)26-23(21)25(28)29-16-30-26/h2-6,13-16,31H,7-12H2,1H3,(H2,28,29,30). The summed E-state index contributed by atoms with van der Waals surface area (Å²) < 4.78 is 35.7. The van der Waals surface area contributed by atoms with Crippen LogP contribution < -0.4 is 10.5 Å². The number of hydrogen-bond donors (Lipinski definition) is 2. The fourth-order valence-corrected chi connectivity index (χ4v) is 5.72. The zero-order valence-corrected chi connectivity index (χ0v) is 22.3. The molecule has 2 aromatic carbocycles. The number of fused-ring (bicyclic) bond motifs is 1. The van der Waals surface area contributed by atoms with Crippen molar-refractivity contribution in [2.24, 2.45) is 0 Å². The summed E-state index contributed by atoms with van der Waals surface area (Å²) in [6, 6.07) is 10.8. The van der Waals surface area contributed by atoms with Crippen LogP contribution in [0.25, 0.3) is 11.0 Å². The molecule has 1 saturated heterocycles. The van der Waals surface area contributed by atoms with Crippen LogP contribution >= 0.6 is 11.6 Å². The van der Waals surface area contributed by atoms with E-state index in [0.717, 1.165) is 25.2 Å². The lowest BCUT2D eigenvalue weighted by Crippen LogP contribution is -2.38. The second-order valence-corrected chi connectivity index (χ2v) is 11.2. The summed E-state index contributed by atoms with van der Waals surface area (Å²) in [7, 11) is -3.92. The van der Waals surface area contributed by atoms with Gasteiger partial charge in [0.2, 0.25) is 0 Å². The molecular formula is C26H27ClN6O4S. The Morgan fingerprint density at radius 1 is 1.13 bits per heavy atom. The van der Waals surface area contributed by atoms with Gasteiger partial charge in [0.05, 0.1) is 29.1 Å². The van der Waals surface area contributed by atoms with E-state index >= 15 is 0 Å². The van der Waals surface area contributed by atoms with Gasteiger partial charge in [-0.05, 0) is 36.8 Å². The minimum Gasteiger partial charge on any atom is -0.383 e. The molecule has 0 unspecified atom stereocenters. The Balaban J connectivity index is 1.43. The van der Waals surface area contributed by atoms with E-state index in [2.05, 4.69) is 19.6 Å². The predicted octanol–water partition coefficient (Wildman–Crippen LogP) is 3.34. The van der Waals surface area contributed by atoms with Crippen LogP contribution in [0.4, 0.5) is 11.5 Å². The number of carbonyl (C=O) groups excluding carboxylic acids is 1. The Kier molecular flexibility index (Phi) is 7.35. The summed E-state index contributed by atoms with van der Waals surface area (Å²) >= 11 is 6.12. The number of nitrogens with two attached hydrogens (primary N) is 1. The molecule has 0 spiro atoms. The second kappa shape index (κ2) is 10.7. The first kappa shape index (κ1) is 26.1. The Bertz CT molecular complexity index is 1620. The molecule has 4 aromatic rings. The van der Waals surface area contributed by atoms with Gasteiger partial charge in [0.1, 0.15) is 17.8 Å². The summed E-state index contributed by atoms with van der Waals surface area (Å²) in [5.74, 6) is -0.113. The van der Waals surface area contributed by atoms with E-state index in [1.165, 1.54) is 24.5 Å². The summed E-state index contributed by atoms with van der Waals surface area (Å²) in [6.45, 7) is 6.26. The number of aryl methyl sites for hydroxylation is 1. The molecular weight excluding hydrogens is 528 g/mol. The smallest absolute Gasteiger partial charge is 0.261 e. The second-order valence-electron chi connectivity index (χ2n) is 9.07. The summed E-state index contributed by atoms with van der Waals surface area (Å²) in [5.41, 5.74) is 8.41. The maximum absolute atomic E-state index is 13.7. The zero-order valence-electron chi connectivity index (χ0n) is 20.7.